The maximum atomic E-state index is 12.5. The quantitative estimate of drug-likeness (QED) is 0.635. The molecule has 28 heavy (non-hydrogen) atoms. The number of halogens is 2. The average molecular weight is 389 g/mol. The van der Waals surface area contributed by atoms with E-state index in [2.05, 4.69) is 15.2 Å². The third kappa shape index (κ3) is 4.97. The van der Waals surface area contributed by atoms with Crippen LogP contribution in [-0.4, -0.2) is 29.4 Å². The minimum atomic E-state index is -2.99. The first-order chi connectivity index (χ1) is 13.5. The fraction of sp³-hybridized carbons (Fsp3) is 0.158. The molecule has 0 saturated heterocycles. The number of para-hydroxylation sites is 2. The van der Waals surface area contributed by atoms with Gasteiger partial charge in [0.2, 0.25) is 0 Å². The molecule has 0 fully saturated rings. The molecule has 0 aliphatic carbocycles. The molecule has 2 aromatic carbocycles. The van der Waals surface area contributed by atoms with Crippen LogP contribution in [0, 0.1) is 0 Å². The number of amides is 1. The van der Waals surface area contributed by atoms with Gasteiger partial charge in [0, 0.05) is 6.20 Å². The zero-order valence-corrected chi connectivity index (χ0v) is 14.8. The number of anilines is 1. The first kappa shape index (κ1) is 19.2. The number of hydrogen-bond donors (Lipinski definition) is 1. The fourth-order valence-corrected chi connectivity index (χ4v) is 2.32. The minimum Gasteiger partial charge on any atom is -0.497 e. The van der Waals surface area contributed by atoms with E-state index < -0.39 is 12.5 Å². The van der Waals surface area contributed by atoms with Crippen LogP contribution in [-0.2, 0) is 6.73 Å². The van der Waals surface area contributed by atoms with Gasteiger partial charge in [0.05, 0.1) is 12.8 Å². The van der Waals surface area contributed by atoms with Crippen molar-refractivity contribution in [3.8, 4) is 17.2 Å². The Morgan fingerprint density at radius 1 is 1.11 bits per heavy atom. The Morgan fingerprint density at radius 2 is 1.82 bits per heavy atom. The van der Waals surface area contributed by atoms with Crippen molar-refractivity contribution >= 4 is 11.6 Å². The molecular formula is C19H17F2N3O4. The smallest absolute Gasteiger partial charge is 0.387 e. The summed E-state index contributed by atoms with van der Waals surface area (Å²) >= 11 is 0. The maximum Gasteiger partial charge on any atom is 0.387 e. The normalized spacial score (nSPS) is 10.6. The van der Waals surface area contributed by atoms with Crippen LogP contribution in [0.15, 0.2) is 60.8 Å². The Balaban J connectivity index is 1.61. The maximum absolute atomic E-state index is 12.5. The number of carbonyl (C=O) groups is 1. The Kier molecular flexibility index (Phi) is 6.05. The van der Waals surface area contributed by atoms with Gasteiger partial charge in [-0.15, -0.1) is 0 Å². The van der Waals surface area contributed by atoms with Gasteiger partial charge in [-0.1, -0.05) is 12.1 Å². The van der Waals surface area contributed by atoms with Crippen LogP contribution in [0.4, 0.5) is 14.5 Å². The van der Waals surface area contributed by atoms with Crippen LogP contribution in [0.3, 0.4) is 0 Å². The molecule has 0 unspecified atom stereocenters. The highest BCUT2D eigenvalue weighted by molar-refractivity contribution is 6.03. The monoisotopic (exact) mass is 389 g/mol. The van der Waals surface area contributed by atoms with Crippen LogP contribution < -0.4 is 19.5 Å². The topological polar surface area (TPSA) is 74.6 Å². The van der Waals surface area contributed by atoms with E-state index in [1.165, 1.54) is 28.9 Å². The SMILES string of the molecule is COc1ccc(OCn2ccc(C(=O)Nc3ccccc3OC(F)F)n2)cc1. The second kappa shape index (κ2) is 8.85. The number of hydrogen-bond acceptors (Lipinski definition) is 5. The molecule has 1 N–H and O–H groups in total. The zero-order chi connectivity index (χ0) is 19.9. The molecular weight excluding hydrogens is 372 g/mol. The van der Waals surface area contributed by atoms with E-state index in [4.69, 9.17) is 9.47 Å². The molecule has 1 aromatic heterocycles. The van der Waals surface area contributed by atoms with Crippen LogP contribution in [0.1, 0.15) is 10.5 Å². The van der Waals surface area contributed by atoms with E-state index in [0.717, 1.165) is 0 Å². The summed E-state index contributed by atoms with van der Waals surface area (Å²) < 4.78 is 41.4. The molecule has 0 atom stereocenters. The van der Waals surface area contributed by atoms with Gasteiger partial charge in [-0.25, -0.2) is 4.68 Å². The number of carbonyl (C=O) groups excluding carboxylic acids is 1. The summed E-state index contributed by atoms with van der Waals surface area (Å²) in [5, 5.41) is 6.62. The summed E-state index contributed by atoms with van der Waals surface area (Å²) in [4.78, 5) is 12.3. The summed E-state index contributed by atoms with van der Waals surface area (Å²) in [6.07, 6.45) is 1.57. The van der Waals surface area contributed by atoms with Gasteiger partial charge in [-0.3, -0.25) is 4.79 Å². The molecule has 3 aromatic rings. The van der Waals surface area contributed by atoms with E-state index in [1.807, 2.05) is 0 Å². The number of methoxy groups -OCH3 is 1. The number of ether oxygens (including phenoxy) is 3. The lowest BCUT2D eigenvalue weighted by Gasteiger charge is -2.10. The summed E-state index contributed by atoms with van der Waals surface area (Å²) in [5.41, 5.74) is 0.224. The third-order valence-corrected chi connectivity index (χ3v) is 3.65. The lowest BCUT2D eigenvalue weighted by atomic mass is 10.3. The molecule has 146 valence electrons. The molecule has 1 amide bonds. The molecule has 0 saturated carbocycles. The van der Waals surface area contributed by atoms with Crippen LogP contribution in [0.5, 0.6) is 17.2 Å². The van der Waals surface area contributed by atoms with Gasteiger partial charge in [0.1, 0.15) is 17.2 Å². The average Bonchev–Trinajstić information content (AvgIpc) is 3.17. The Labute approximate surface area is 159 Å². The minimum absolute atomic E-state index is 0.0880. The van der Waals surface area contributed by atoms with Crippen molar-refractivity contribution in [2.24, 2.45) is 0 Å². The van der Waals surface area contributed by atoms with Crippen molar-refractivity contribution in [2.75, 3.05) is 12.4 Å². The Hall–Kier alpha value is -3.62. The summed E-state index contributed by atoms with van der Waals surface area (Å²) in [6.45, 7) is -2.91. The van der Waals surface area contributed by atoms with Crippen molar-refractivity contribution in [1.82, 2.24) is 9.78 Å². The largest absolute Gasteiger partial charge is 0.497 e. The highest BCUT2D eigenvalue weighted by atomic mass is 19.3. The number of nitrogens with one attached hydrogen (secondary N) is 1. The van der Waals surface area contributed by atoms with Crippen molar-refractivity contribution in [1.29, 1.82) is 0 Å². The van der Waals surface area contributed by atoms with Crippen LogP contribution in [0.2, 0.25) is 0 Å². The number of benzene rings is 2. The van der Waals surface area contributed by atoms with E-state index in [1.54, 1.807) is 43.6 Å². The summed E-state index contributed by atoms with van der Waals surface area (Å²) in [6, 6.07) is 14.4. The Morgan fingerprint density at radius 3 is 2.54 bits per heavy atom. The number of alkyl halides is 2. The highest BCUT2D eigenvalue weighted by Crippen LogP contribution is 2.26. The summed E-state index contributed by atoms with van der Waals surface area (Å²) in [7, 11) is 1.57. The van der Waals surface area contributed by atoms with Gasteiger partial charge in [-0.2, -0.15) is 13.9 Å². The van der Waals surface area contributed by atoms with Crippen LogP contribution >= 0.6 is 0 Å². The molecule has 0 bridgehead atoms. The van der Waals surface area contributed by atoms with Gasteiger partial charge in [0.25, 0.3) is 5.91 Å². The van der Waals surface area contributed by atoms with E-state index >= 15 is 0 Å². The predicted octanol–water partition coefficient (Wildman–Crippen LogP) is 3.78. The Bertz CT molecular complexity index is 929. The lowest BCUT2D eigenvalue weighted by molar-refractivity contribution is -0.0493. The fourth-order valence-electron chi connectivity index (χ4n) is 2.32. The number of aromatic nitrogens is 2. The molecule has 1 heterocycles. The van der Waals surface area contributed by atoms with Gasteiger partial charge in [0.15, 0.2) is 12.4 Å². The zero-order valence-electron chi connectivity index (χ0n) is 14.8. The molecule has 0 radical (unpaired) electrons. The van der Waals surface area contributed by atoms with E-state index in [-0.39, 0.29) is 23.9 Å². The predicted molar refractivity (Wildman–Crippen MR) is 96.9 cm³/mol. The number of rotatable bonds is 8. The van der Waals surface area contributed by atoms with Crippen LogP contribution in [0.25, 0.3) is 0 Å². The standard InChI is InChI=1S/C19H17F2N3O4/c1-26-13-6-8-14(9-7-13)27-12-24-11-10-16(23-24)18(25)22-15-4-2-3-5-17(15)28-19(20)21/h2-11,19H,12H2,1H3,(H,22,25). The van der Waals surface area contributed by atoms with E-state index in [9.17, 15) is 13.6 Å². The molecule has 0 spiro atoms. The van der Waals surface area contributed by atoms with Crippen molar-refractivity contribution in [3.63, 3.8) is 0 Å². The number of nitrogens with zero attached hydrogens (tertiary/aromatic N) is 2. The lowest BCUT2D eigenvalue weighted by Crippen LogP contribution is -2.15. The van der Waals surface area contributed by atoms with Gasteiger partial charge < -0.3 is 19.5 Å². The third-order valence-electron chi connectivity index (χ3n) is 3.65. The van der Waals surface area contributed by atoms with Gasteiger partial charge >= 0.3 is 6.61 Å². The van der Waals surface area contributed by atoms with Crippen molar-refractivity contribution in [2.45, 2.75) is 13.3 Å². The first-order valence-electron chi connectivity index (χ1n) is 8.20. The second-order valence-corrected chi connectivity index (χ2v) is 5.52. The molecule has 7 nitrogen and oxygen atoms in total. The molecule has 3 rings (SSSR count). The molecule has 0 aliphatic heterocycles. The highest BCUT2D eigenvalue weighted by Gasteiger charge is 2.14. The van der Waals surface area contributed by atoms with Gasteiger partial charge in [-0.05, 0) is 42.5 Å². The van der Waals surface area contributed by atoms with Crippen molar-refractivity contribution in [3.05, 3.63) is 66.5 Å². The summed E-state index contributed by atoms with van der Waals surface area (Å²) in [5.74, 6) is 0.628. The van der Waals surface area contributed by atoms with E-state index in [0.29, 0.717) is 11.5 Å². The first-order valence-corrected chi connectivity index (χ1v) is 8.20. The molecule has 0 aliphatic rings. The van der Waals surface area contributed by atoms with Crippen molar-refractivity contribution < 1.29 is 27.8 Å². The molecule has 9 heteroatoms. The second-order valence-electron chi connectivity index (χ2n) is 5.52.